The average Bonchev–Trinajstić information content (AvgIpc) is 2.82. The smallest absolute Gasteiger partial charge is 0.0995 e. The Morgan fingerprint density at radius 3 is 2.34 bits per heavy atom. The number of hydrogen-bond acceptors (Lipinski definition) is 3. The number of anilines is 3. The Kier molecular flexibility index (Phi) is 8.56. The number of nitrogen functional groups attached to an aromatic ring is 1. The van der Waals surface area contributed by atoms with E-state index in [1.807, 2.05) is 25.1 Å². The van der Waals surface area contributed by atoms with E-state index in [1.54, 1.807) is 0 Å². The number of hydrogen-bond donors (Lipinski definition) is 2. The molecule has 0 radical (unpaired) electrons. The Hall–Kier alpha value is -3.46. The Balaban J connectivity index is 1.93. The molecule has 3 N–H and O–H groups in total. The van der Waals surface area contributed by atoms with Gasteiger partial charge in [-0.05, 0) is 61.6 Å². The van der Waals surface area contributed by atoms with E-state index in [4.69, 9.17) is 5.73 Å². The largest absolute Gasteiger partial charge is 0.397 e. The van der Waals surface area contributed by atoms with Gasteiger partial charge in [0, 0.05) is 12.2 Å². The molecule has 3 aromatic carbocycles. The van der Waals surface area contributed by atoms with E-state index in [2.05, 4.69) is 109 Å². The number of nitrogens with zero attached hydrogens (tertiary/aromatic N) is 1. The third-order valence-electron chi connectivity index (χ3n) is 5.62. The lowest BCUT2D eigenvalue weighted by Crippen LogP contribution is -2.42. The fourth-order valence-corrected chi connectivity index (χ4v) is 3.95. The van der Waals surface area contributed by atoms with E-state index < -0.39 is 0 Å². The molecule has 2 atom stereocenters. The summed E-state index contributed by atoms with van der Waals surface area (Å²) < 4.78 is 0. The van der Waals surface area contributed by atoms with Crippen LogP contribution >= 0.6 is 0 Å². The van der Waals surface area contributed by atoms with Crippen molar-refractivity contribution in [2.75, 3.05) is 22.5 Å². The highest BCUT2D eigenvalue weighted by Crippen LogP contribution is 2.29. The van der Waals surface area contributed by atoms with Gasteiger partial charge in [0.05, 0.1) is 17.5 Å². The van der Waals surface area contributed by atoms with Crippen LogP contribution in [0.15, 0.2) is 103 Å². The van der Waals surface area contributed by atoms with Gasteiger partial charge in [0.15, 0.2) is 0 Å². The molecule has 2 unspecified atom stereocenters. The van der Waals surface area contributed by atoms with Crippen molar-refractivity contribution in [3.8, 4) is 11.1 Å². The summed E-state index contributed by atoms with van der Waals surface area (Å²) in [7, 11) is 0. The van der Waals surface area contributed by atoms with E-state index in [1.165, 1.54) is 16.8 Å². The van der Waals surface area contributed by atoms with Crippen molar-refractivity contribution in [1.29, 1.82) is 0 Å². The molecule has 0 fully saturated rings. The number of benzene rings is 3. The van der Waals surface area contributed by atoms with Crippen LogP contribution in [-0.2, 0) is 0 Å². The van der Waals surface area contributed by atoms with Crippen molar-refractivity contribution in [3.63, 3.8) is 0 Å². The van der Waals surface area contributed by atoms with Crippen molar-refractivity contribution in [1.82, 2.24) is 0 Å². The molecule has 0 aliphatic heterocycles. The van der Waals surface area contributed by atoms with Gasteiger partial charge in [-0.3, -0.25) is 0 Å². The van der Waals surface area contributed by atoms with Crippen LogP contribution in [0.1, 0.15) is 27.2 Å². The molecule has 0 aliphatic carbocycles. The molecule has 3 heteroatoms. The first-order valence-corrected chi connectivity index (χ1v) is 11.4. The van der Waals surface area contributed by atoms with Gasteiger partial charge in [-0.2, -0.15) is 0 Å². The van der Waals surface area contributed by atoms with Crippen molar-refractivity contribution in [2.45, 2.75) is 33.4 Å². The van der Waals surface area contributed by atoms with Gasteiger partial charge in [-0.1, -0.05) is 85.8 Å². The zero-order valence-corrected chi connectivity index (χ0v) is 19.4. The number of nitrogens with one attached hydrogen (secondary N) is 1. The van der Waals surface area contributed by atoms with Crippen LogP contribution in [-0.4, -0.2) is 12.7 Å². The Morgan fingerprint density at radius 2 is 1.62 bits per heavy atom. The van der Waals surface area contributed by atoms with Crippen LogP contribution < -0.4 is 16.0 Å². The summed E-state index contributed by atoms with van der Waals surface area (Å²) in [5, 5.41) is 3.73. The second kappa shape index (κ2) is 11.8. The zero-order chi connectivity index (χ0) is 22.8. The molecule has 0 aliphatic rings. The van der Waals surface area contributed by atoms with E-state index in [9.17, 15) is 0 Å². The second-order valence-corrected chi connectivity index (χ2v) is 8.07. The highest BCUT2D eigenvalue weighted by atomic mass is 15.3. The van der Waals surface area contributed by atoms with Crippen LogP contribution in [0.3, 0.4) is 0 Å². The first kappa shape index (κ1) is 23.2. The lowest BCUT2D eigenvalue weighted by Gasteiger charge is -2.36. The molecular formula is C29H35N3. The normalized spacial score (nSPS) is 13.3. The molecule has 0 amide bonds. The number of para-hydroxylation sites is 2. The summed E-state index contributed by atoms with van der Waals surface area (Å²) in [5.41, 5.74) is 11.7. The molecule has 0 aromatic heterocycles. The third kappa shape index (κ3) is 6.27. The minimum Gasteiger partial charge on any atom is -0.397 e. The summed E-state index contributed by atoms with van der Waals surface area (Å²) in [6, 6.07) is 27.3. The molecule has 0 heterocycles. The van der Waals surface area contributed by atoms with Crippen molar-refractivity contribution in [2.24, 2.45) is 5.92 Å². The van der Waals surface area contributed by atoms with Crippen molar-refractivity contribution in [3.05, 3.63) is 103 Å². The quantitative estimate of drug-likeness (QED) is 0.202. The number of allylic oxidation sites excluding steroid dienone is 4. The molecular weight excluding hydrogens is 390 g/mol. The Bertz CT molecular complexity index is 1020. The lowest BCUT2D eigenvalue weighted by molar-refractivity contribution is 0.535. The van der Waals surface area contributed by atoms with Gasteiger partial charge in [-0.25, -0.2) is 0 Å². The van der Waals surface area contributed by atoms with Crippen LogP contribution in [0.5, 0.6) is 0 Å². The predicted molar refractivity (Wildman–Crippen MR) is 141 cm³/mol. The molecule has 3 aromatic rings. The summed E-state index contributed by atoms with van der Waals surface area (Å²) in [6.07, 6.45) is 9.57. The second-order valence-electron chi connectivity index (χ2n) is 8.07. The highest BCUT2D eigenvalue weighted by Gasteiger charge is 2.20. The van der Waals surface area contributed by atoms with Gasteiger partial charge in [0.1, 0.15) is 0 Å². The molecule has 0 bridgehead atoms. The molecule has 166 valence electrons. The van der Waals surface area contributed by atoms with Crippen LogP contribution in [0, 0.1) is 5.92 Å². The first-order chi connectivity index (χ1) is 15.6. The Labute approximate surface area is 193 Å². The number of rotatable bonds is 10. The van der Waals surface area contributed by atoms with Gasteiger partial charge in [0.25, 0.3) is 0 Å². The molecule has 3 rings (SSSR count). The van der Waals surface area contributed by atoms with E-state index in [0.29, 0.717) is 5.92 Å². The minimum atomic E-state index is 0.0981. The van der Waals surface area contributed by atoms with Gasteiger partial charge in [0.2, 0.25) is 0 Å². The highest BCUT2D eigenvalue weighted by molar-refractivity contribution is 5.70. The van der Waals surface area contributed by atoms with E-state index in [-0.39, 0.29) is 6.17 Å². The molecule has 32 heavy (non-hydrogen) atoms. The minimum absolute atomic E-state index is 0.0981. The van der Waals surface area contributed by atoms with Crippen LogP contribution in [0.25, 0.3) is 11.1 Å². The third-order valence-corrected chi connectivity index (χ3v) is 5.62. The lowest BCUT2D eigenvalue weighted by atomic mass is 10.0. The monoisotopic (exact) mass is 425 g/mol. The van der Waals surface area contributed by atoms with Crippen LogP contribution in [0.2, 0.25) is 0 Å². The van der Waals surface area contributed by atoms with Gasteiger partial charge in [-0.15, -0.1) is 0 Å². The van der Waals surface area contributed by atoms with Gasteiger partial charge < -0.3 is 16.0 Å². The predicted octanol–water partition coefficient (Wildman–Crippen LogP) is 7.36. The summed E-state index contributed by atoms with van der Waals surface area (Å²) in [4.78, 5) is 2.43. The molecule has 3 nitrogen and oxygen atoms in total. The van der Waals surface area contributed by atoms with Crippen molar-refractivity contribution >= 4 is 17.1 Å². The molecule has 0 saturated carbocycles. The van der Waals surface area contributed by atoms with Gasteiger partial charge >= 0.3 is 0 Å². The first-order valence-electron chi connectivity index (χ1n) is 11.4. The maximum atomic E-state index is 6.27. The summed E-state index contributed by atoms with van der Waals surface area (Å²) >= 11 is 0. The standard InChI is InChI=1S/C29H35N3/c1-4-6-8-14-23(3)21-29(31-28-20-12-11-19-27(28)30)32(5-2)26-18-13-17-25(22-26)24-15-9-7-10-16-24/h4,6-20,22-23,29,31H,5,21,30H2,1-3H3/b6-4-,14-8-. The van der Waals surface area contributed by atoms with Crippen molar-refractivity contribution < 1.29 is 0 Å². The number of nitrogens with two attached hydrogens (primary N) is 1. The molecule has 0 saturated heterocycles. The van der Waals surface area contributed by atoms with E-state index in [0.717, 1.165) is 24.3 Å². The average molecular weight is 426 g/mol. The maximum Gasteiger partial charge on any atom is 0.0995 e. The van der Waals surface area contributed by atoms with Crippen LogP contribution in [0.4, 0.5) is 17.1 Å². The SMILES string of the molecule is C/C=C\C=C/C(C)CC(Nc1ccccc1N)N(CC)c1cccc(-c2ccccc2)c1. The zero-order valence-electron chi connectivity index (χ0n) is 19.4. The fraction of sp³-hybridized carbons (Fsp3) is 0.241. The summed E-state index contributed by atoms with van der Waals surface area (Å²) in [6.45, 7) is 7.39. The molecule has 0 spiro atoms. The fourth-order valence-electron chi connectivity index (χ4n) is 3.95. The summed E-state index contributed by atoms with van der Waals surface area (Å²) in [5.74, 6) is 0.403. The van der Waals surface area contributed by atoms with E-state index >= 15 is 0 Å². The topological polar surface area (TPSA) is 41.3 Å². The Morgan fingerprint density at radius 1 is 0.906 bits per heavy atom. The maximum absolute atomic E-state index is 6.27.